The van der Waals surface area contributed by atoms with Gasteiger partial charge in [-0.05, 0) is 50.1 Å². The summed E-state index contributed by atoms with van der Waals surface area (Å²) in [6.07, 6.45) is 6.15. The van der Waals surface area contributed by atoms with Crippen molar-refractivity contribution >= 4 is 17.4 Å². The molecule has 0 atom stereocenters. The summed E-state index contributed by atoms with van der Waals surface area (Å²) >= 11 is 0. The van der Waals surface area contributed by atoms with Gasteiger partial charge in [0.1, 0.15) is 5.75 Å². The van der Waals surface area contributed by atoms with E-state index in [1.807, 2.05) is 18.2 Å². The van der Waals surface area contributed by atoms with Crippen LogP contribution >= 0.6 is 0 Å². The molecule has 0 radical (unpaired) electrons. The maximum atomic E-state index is 12.9. The molecule has 0 saturated heterocycles. The van der Waals surface area contributed by atoms with E-state index >= 15 is 0 Å². The number of hydrogen-bond donors (Lipinski definition) is 1. The van der Waals surface area contributed by atoms with Crippen LogP contribution in [0.5, 0.6) is 5.75 Å². The van der Waals surface area contributed by atoms with Crippen LogP contribution in [0.15, 0.2) is 47.5 Å². The zero-order valence-corrected chi connectivity index (χ0v) is 16.9. The minimum absolute atomic E-state index is 0.0502. The molecular weight excluding hydrogens is 364 g/mol. The lowest BCUT2D eigenvalue weighted by Gasteiger charge is -2.29. The second-order valence-electron chi connectivity index (χ2n) is 7.63. The fourth-order valence-corrected chi connectivity index (χ4v) is 3.47. The van der Waals surface area contributed by atoms with Crippen LogP contribution in [0.25, 0.3) is 0 Å². The number of hydrogen-bond acceptors (Lipinski definition) is 4. The Morgan fingerprint density at radius 3 is 2.52 bits per heavy atom. The maximum absolute atomic E-state index is 12.9. The summed E-state index contributed by atoms with van der Waals surface area (Å²) in [5, 5.41) is 2.60. The van der Waals surface area contributed by atoms with Gasteiger partial charge in [-0.15, -0.1) is 6.42 Å². The molecule has 1 aliphatic heterocycles. The van der Waals surface area contributed by atoms with E-state index in [9.17, 15) is 9.59 Å². The lowest BCUT2D eigenvalue weighted by Crippen LogP contribution is -2.30. The normalized spacial score (nSPS) is 14.2. The van der Waals surface area contributed by atoms with Gasteiger partial charge in [0.05, 0.1) is 31.3 Å². The fraction of sp³-hybridized carbons (Fsp3) is 0.292. The lowest BCUT2D eigenvalue weighted by molar-refractivity contribution is 0.0955. The van der Waals surface area contributed by atoms with Crippen LogP contribution in [-0.4, -0.2) is 36.6 Å². The Hall–Kier alpha value is -3.39. The monoisotopic (exact) mass is 388 g/mol. The summed E-state index contributed by atoms with van der Waals surface area (Å²) in [5.41, 5.74) is 3.61. The van der Waals surface area contributed by atoms with E-state index in [1.165, 1.54) is 0 Å². The minimum Gasteiger partial charge on any atom is -0.497 e. The third kappa shape index (κ3) is 4.72. The van der Waals surface area contributed by atoms with Gasteiger partial charge in [0, 0.05) is 16.7 Å². The molecule has 29 heavy (non-hydrogen) atoms. The summed E-state index contributed by atoms with van der Waals surface area (Å²) in [5.74, 6) is 2.79. The first-order valence-corrected chi connectivity index (χ1v) is 9.44. The first-order chi connectivity index (χ1) is 13.8. The fourth-order valence-electron chi connectivity index (χ4n) is 3.47. The average Bonchev–Trinajstić information content (AvgIpc) is 2.71. The topological polar surface area (TPSA) is 67.8 Å². The smallest absolute Gasteiger partial charge is 0.252 e. The van der Waals surface area contributed by atoms with Crippen molar-refractivity contribution in [2.75, 3.05) is 13.7 Å². The number of nitrogens with one attached hydrogen (secondary N) is 1. The van der Waals surface area contributed by atoms with Crippen molar-refractivity contribution in [2.45, 2.75) is 32.2 Å². The molecule has 3 rings (SSSR count). The Kier molecular flexibility index (Phi) is 5.84. The number of fused-ring (bicyclic) bond motifs is 1. The van der Waals surface area contributed by atoms with Crippen LogP contribution in [0.2, 0.25) is 0 Å². The van der Waals surface area contributed by atoms with Gasteiger partial charge in [0.25, 0.3) is 5.91 Å². The van der Waals surface area contributed by atoms with Crippen LogP contribution in [0.1, 0.15) is 52.1 Å². The van der Waals surface area contributed by atoms with Crippen LogP contribution in [0.3, 0.4) is 0 Å². The van der Waals surface area contributed by atoms with E-state index in [0.717, 1.165) is 29.0 Å². The average molecular weight is 388 g/mol. The Bertz CT molecular complexity index is 1010. The maximum Gasteiger partial charge on any atom is 0.252 e. The highest BCUT2D eigenvalue weighted by Gasteiger charge is 2.28. The number of methoxy groups -OCH3 is 1. The van der Waals surface area contributed by atoms with Crippen LogP contribution in [0.4, 0.5) is 0 Å². The van der Waals surface area contributed by atoms with Crippen molar-refractivity contribution in [3.8, 4) is 18.1 Å². The summed E-state index contributed by atoms with van der Waals surface area (Å²) in [6, 6.07) is 12.5. The van der Waals surface area contributed by atoms with Crippen molar-refractivity contribution in [2.24, 2.45) is 4.99 Å². The first-order valence-electron chi connectivity index (χ1n) is 9.44. The van der Waals surface area contributed by atoms with Crippen LogP contribution < -0.4 is 10.1 Å². The van der Waals surface area contributed by atoms with Gasteiger partial charge < -0.3 is 10.1 Å². The quantitative estimate of drug-likeness (QED) is 0.609. The Morgan fingerprint density at radius 2 is 1.86 bits per heavy atom. The molecular formula is C24H24N2O3. The largest absolute Gasteiger partial charge is 0.497 e. The van der Waals surface area contributed by atoms with Gasteiger partial charge in [0.15, 0.2) is 5.78 Å². The van der Waals surface area contributed by atoms with Crippen LogP contribution in [-0.2, 0) is 6.42 Å². The van der Waals surface area contributed by atoms with Crippen molar-refractivity contribution in [1.29, 1.82) is 0 Å². The van der Waals surface area contributed by atoms with Crippen molar-refractivity contribution in [1.82, 2.24) is 5.32 Å². The minimum atomic E-state index is -0.268. The summed E-state index contributed by atoms with van der Waals surface area (Å²) < 4.78 is 5.34. The molecule has 0 fully saturated rings. The van der Waals surface area contributed by atoms with E-state index in [4.69, 9.17) is 16.2 Å². The second kappa shape index (κ2) is 8.32. The number of benzene rings is 2. The number of Topliss-reactive ketones (excluding diaryl/α,β-unsaturated/α-hetero) is 1. The predicted octanol–water partition coefficient (Wildman–Crippen LogP) is 3.46. The number of nitrogens with zero attached hydrogens (tertiary/aromatic N) is 1. The number of carbonyl (C=O) groups excluding carboxylic acids is 2. The van der Waals surface area contributed by atoms with Crippen LogP contribution in [0, 0.1) is 12.3 Å². The van der Waals surface area contributed by atoms with Crippen molar-refractivity contribution in [3.05, 3.63) is 64.7 Å². The highest BCUT2D eigenvalue weighted by Crippen LogP contribution is 2.31. The van der Waals surface area contributed by atoms with Gasteiger partial charge in [0.2, 0.25) is 0 Å². The molecule has 2 aromatic carbocycles. The highest BCUT2D eigenvalue weighted by atomic mass is 16.5. The standard InChI is InChI=1S/C24H24N2O3/c1-5-12-25-23(28)17-8-6-16(7-9-17)22(27)14-21-20-13-19(29-4)11-10-18(20)15-24(2,3)26-21/h1,6-11,13H,12,14-15H2,2-4H3,(H,25,28). The zero-order valence-electron chi connectivity index (χ0n) is 16.9. The van der Waals surface area contributed by atoms with Gasteiger partial charge in [-0.1, -0.05) is 24.1 Å². The molecule has 1 amide bonds. The van der Waals surface area contributed by atoms with E-state index < -0.39 is 0 Å². The molecule has 5 nitrogen and oxygen atoms in total. The summed E-state index contributed by atoms with van der Waals surface area (Å²) in [4.78, 5) is 29.7. The lowest BCUT2D eigenvalue weighted by atomic mass is 9.85. The first kappa shape index (κ1) is 20.3. The van der Waals surface area contributed by atoms with Gasteiger partial charge >= 0.3 is 0 Å². The number of ether oxygens (including phenoxy) is 1. The molecule has 1 N–H and O–H groups in total. The number of rotatable bonds is 6. The molecule has 0 aliphatic carbocycles. The molecule has 0 aromatic heterocycles. The Morgan fingerprint density at radius 1 is 1.17 bits per heavy atom. The SMILES string of the molecule is C#CCNC(=O)c1ccc(C(=O)CC2=NC(C)(C)Cc3ccc(OC)cc32)cc1. The molecule has 0 unspecified atom stereocenters. The molecule has 1 heterocycles. The molecule has 148 valence electrons. The number of aliphatic imine (C=N–C) groups is 1. The summed E-state index contributed by atoms with van der Waals surface area (Å²) in [6.45, 7) is 4.29. The second-order valence-corrected chi connectivity index (χ2v) is 7.63. The number of ketones is 1. The molecule has 5 heteroatoms. The summed E-state index contributed by atoms with van der Waals surface area (Å²) in [7, 11) is 1.62. The Labute approximate surface area is 171 Å². The van der Waals surface area contributed by atoms with E-state index in [1.54, 1.807) is 31.4 Å². The third-order valence-electron chi connectivity index (χ3n) is 4.84. The molecule has 0 spiro atoms. The van der Waals surface area contributed by atoms with Gasteiger partial charge in [-0.2, -0.15) is 0 Å². The molecule has 0 saturated carbocycles. The van der Waals surface area contributed by atoms with E-state index in [-0.39, 0.29) is 30.2 Å². The Balaban J connectivity index is 1.82. The molecule has 2 aromatic rings. The van der Waals surface area contributed by atoms with Crippen molar-refractivity contribution < 1.29 is 14.3 Å². The predicted molar refractivity (Wildman–Crippen MR) is 114 cm³/mol. The van der Waals surface area contributed by atoms with E-state index in [2.05, 4.69) is 25.1 Å². The number of carbonyl (C=O) groups is 2. The van der Waals surface area contributed by atoms with E-state index in [0.29, 0.717) is 11.1 Å². The van der Waals surface area contributed by atoms with Gasteiger partial charge in [-0.3, -0.25) is 14.6 Å². The van der Waals surface area contributed by atoms with Gasteiger partial charge in [-0.25, -0.2) is 0 Å². The third-order valence-corrected chi connectivity index (χ3v) is 4.84. The zero-order chi connectivity index (χ0) is 21.0. The number of terminal acetylenes is 1. The van der Waals surface area contributed by atoms with Crippen molar-refractivity contribution in [3.63, 3.8) is 0 Å². The highest BCUT2D eigenvalue weighted by molar-refractivity contribution is 6.17. The molecule has 1 aliphatic rings. The molecule has 0 bridgehead atoms. The number of amides is 1.